The van der Waals surface area contributed by atoms with E-state index in [-0.39, 0.29) is 10.0 Å². The van der Waals surface area contributed by atoms with Gasteiger partial charge in [0.1, 0.15) is 11.9 Å². The van der Waals surface area contributed by atoms with Crippen molar-refractivity contribution in [1.82, 2.24) is 0 Å². The number of nitriles is 1. The Morgan fingerprint density at radius 3 is 2.59 bits per heavy atom. The summed E-state index contributed by atoms with van der Waals surface area (Å²) >= 11 is 11.6. The van der Waals surface area contributed by atoms with E-state index in [9.17, 15) is 4.39 Å². The van der Waals surface area contributed by atoms with Gasteiger partial charge in [0.15, 0.2) is 0 Å². The number of ether oxygens (including phenoxy) is 1. The third-order valence-corrected chi connectivity index (χ3v) is 2.56. The SMILES string of the molecule is CC(C#N)OCCNc1c(Cl)cc(F)cc1Cl. The number of nitrogens with zero attached hydrogens (tertiary/aromatic N) is 1. The highest BCUT2D eigenvalue weighted by molar-refractivity contribution is 6.39. The Kier molecular flexibility index (Phi) is 5.49. The lowest BCUT2D eigenvalue weighted by molar-refractivity contribution is 0.111. The van der Waals surface area contributed by atoms with Crippen molar-refractivity contribution in [2.75, 3.05) is 18.5 Å². The molecule has 1 aromatic rings. The number of hydrogen-bond donors (Lipinski definition) is 1. The first-order chi connectivity index (χ1) is 8.04. The molecule has 17 heavy (non-hydrogen) atoms. The van der Waals surface area contributed by atoms with E-state index < -0.39 is 11.9 Å². The van der Waals surface area contributed by atoms with E-state index in [2.05, 4.69) is 5.32 Å². The van der Waals surface area contributed by atoms with Crippen LogP contribution in [0.5, 0.6) is 0 Å². The van der Waals surface area contributed by atoms with Gasteiger partial charge in [-0.05, 0) is 19.1 Å². The number of rotatable bonds is 5. The van der Waals surface area contributed by atoms with E-state index in [1.807, 2.05) is 6.07 Å². The van der Waals surface area contributed by atoms with Crippen LogP contribution in [0.15, 0.2) is 12.1 Å². The summed E-state index contributed by atoms with van der Waals surface area (Å²) in [6.45, 7) is 2.41. The quantitative estimate of drug-likeness (QED) is 0.838. The lowest BCUT2D eigenvalue weighted by atomic mass is 10.3. The molecule has 0 fully saturated rings. The van der Waals surface area contributed by atoms with Crippen LogP contribution in [0.25, 0.3) is 0 Å². The minimum atomic E-state index is -0.486. The number of benzene rings is 1. The molecule has 0 heterocycles. The first-order valence-electron chi connectivity index (χ1n) is 4.94. The standard InChI is InChI=1S/C11H11Cl2FN2O/c1-7(6-15)17-3-2-16-11-9(12)4-8(14)5-10(11)13/h4-5,7,16H,2-3H2,1H3. The van der Waals surface area contributed by atoms with Gasteiger partial charge in [0.2, 0.25) is 0 Å². The van der Waals surface area contributed by atoms with Gasteiger partial charge in [-0.2, -0.15) is 5.26 Å². The van der Waals surface area contributed by atoms with Crippen LogP contribution in [0.2, 0.25) is 10.0 Å². The molecule has 0 saturated heterocycles. The zero-order chi connectivity index (χ0) is 12.8. The molecule has 0 bridgehead atoms. The summed E-state index contributed by atoms with van der Waals surface area (Å²) in [5.41, 5.74) is 0.461. The summed E-state index contributed by atoms with van der Waals surface area (Å²) < 4.78 is 18.0. The van der Waals surface area contributed by atoms with Crippen LogP contribution < -0.4 is 5.32 Å². The molecular weight excluding hydrogens is 266 g/mol. The van der Waals surface area contributed by atoms with Crippen LogP contribution in [0.1, 0.15) is 6.92 Å². The molecule has 0 saturated carbocycles. The fourth-order valence-corrected chi connectivity index (χ4v) is 1.75. The molecular formula is C11H11Cl2FN2O. The molecule has 0 aromatic heterocycles. The first kappa shape index (κ1) is 14.0. The maximum absolute atomic E-state index is 12.9. The average molecular weight is 277 g/mol. The van der Waals surface area contributed by atoms with Gasteiger partial charge in [0.05, 0.1) is 28.4 Å². The molecule has 92 valence electrons. The van der Waals surface area contributed by atoms with Crippen molar-refractivity contribution in [2.24, 2.45) is 0 Å². The zero-order valence-corrected chi connectivity index (χ0v) is 10.6. The molecule has 0 aliphatic rings. The molecule has 0 amide bonds. The Labute approximate surface area is 109 Å². The minimum absolute atomic E-state index is 0.211. The predicted octanol–water partition coefficient (Wildman–Crippen LogP) is 3.47. The highest BCUT2D eigenvalue weighted by Gasteiger charge is 2.08. The summed E-state index contributed by atoms with van der Waals surface area (Å²) in [4.78, 5) is 0. The van der Waals surface area contributed by atoms with E-state index in [0.29, 0.717) is 18.8 Å². The number of hydrogen-bond acceptors (Lipinski definition) is 3. The van der Waals surface area contributed by atoms with E-state index in [0.717, 1.165) is 0 Å². The lowest BCUT2D eigenvalue weighted by Gasteiger charge is -2.11. The summed E-state index contributed by atoms with van der Waals surface area (Å²) in [6, 6.07) is 4.29. The van der Waals surface area contributed by atoms with Crippen molar-refractivity contribution >= 4 is 28.9 Å². The van der Waals surface area contributed by atoms with Gasteiger partial charge in [0.25, 0.3) is 0 Å². The molecule has 0 aliphatic carbocycles. The topological polar surface area (TPSA) is 45.0 Å². The third-order valence-electron chi connectivity index (χ3n) is 1.96. The zero-order valence-electron chi connectivity index (χ0n) is 9.14. The smallest absolute Gasteiger partial charge is 0.141 e. The van der Waals surface area contributed by atoms with Crippen molar-refractivity contribution in [3.63, 3.8) is 0 Å². The van der Waals surface area contributed by atoms with Crippen LogP contribution in [0.3, 0.4) is 0 Å². The Morgan fingerprint density at radius 1 is 1.47 bits per heavy atom. The van der Waals surface area contributed by atoms with Gasteiger partial charge in [0, 0.05) is 6.54 Å². The van der Waals surface area contributed by atoms with Crippen molar-refractivity contribution in [3.05, 3.63) is 28.0 Å². The second-order valence-corrected chi connectivity index (χ2v) is 4.13. The molecule has 3 nitrogen and oxygen atoms in total. The van der Waals surface area contributed by atoms with Crippen LogP contribution in [-0.4, -0.2) is 19.3 Å². The van der Waals surface area contributed by atoms with Crippen molar-refractivity contribution in [1.29, 1.82) is 5.26 Å². The predicted molar refractivity (Wildman–Crippen MR) is 65.9 cm³/mol. The second-order valence-electron chi connectivity index (χ2n) is 3.31. The molecule has 1 N–H and O–H groups in total. The van der Waals surface area contributed by atoms with E-state index in [1.54, 1.807) is 6.92 Å². The van der Waals surface area contributed by atoms with Gasteiger partial charge in [-0.15, -0.1) is 0 Å². The van der Waals surface area contributed by atoms with E-state index in [4.69, 9.17) is 33.2 Å². The van der Waals surface area contributed by atoms with Crippen molar-refractivity contribution in [3.8, 4) is 6.07 Å². The van der Waals surface area contributed by atoms with Gasteiger partial charge >= 0.3 is 0 Å². The highest BCUT2D eigenvalue weighted by Crippen LogP contribution is 2.30. The Bertz CT molecular complexity index is 411. The summed E-state index contributed by atoms with van der Waals surface area (Å²) in [6.07, 6.45) is -0.462. The van der Waals surface area contributed by atoms with Crippen molar-refractivity contribution in [2.45, 2.75) is 13.0 Å². The summed E-state index contributed by atoms with van der Waals surface area (Å²) in [5.74, 6) is -0.486. The number of anilines is 1. The molecule has 1 rings (SSSR count). The molecule has 0 radical (unpaired) electrons. The third kappa shape index (κ3) is 4.39. The fourth-order valence-electron chi connectivity index (χ4n) is 1.16. The highest BCUT2D eigenvalue weighted by atomic mass is 35.5. The van der Waals surface area contributed by atoms with E-state index >= 15 is 0 Å². The van der Waals surface area contributed by atoms with Crippen LogP contribution in [-0.2, 0) is 4.74 Å². The largest absolute Gasteiger partial charge is 0.380 e. The average Bonchev–Trinajstić information content (AvgIpc) is 2.26. The molecule has 1 atom stereocenters. The molecule has 0 spiro atoms. The monoisotopic (exact) mass is 276 g/mol. The lowest BCUT2D eigenvalue weighted by Crippen LogP contribution is -2.14. The van der Waals surface area contributed by atoms with Gasteiger partial charge in [-0.25, -0.2) is 4.39 Å². The maximum atomic E-state index is 12.9. The number of nitrogens with one attached hydrogen (secondary N) is 1. The van der Waals surface area contributed by atoms with Gasteiger partial charge in [-0.3, -0.25) is 0 Å². The minimum Gasteiger partial charge on any atom is -0.380 e. The summed E-state index contributed by atoms with van der Waals surface area (Å²) in [7, 11) is 0. The molecule has 1 unspecified atom stereocenters. The van der Waals surface area contributed by atoms with Gasteiger partial charge < -0.3 is 10.1 Å². The van der Waals surface area contributed by atoms with Crippen LogP contribution in [0, 0.1) is 17.1 Å². The van der Waals surface area contributed by atoms with E-state index in [1.165, 1.54) is 12.1 Å². The Morgan fingerprint density at radius 2 is 2.06 bits per heavy atom. The second kappa shape index (κ2) is 6.65. The molecule has 6 heteroatoms. The number of halogens is 3. The maximum Gasteiger partial charge on any atom is 0.141 e. The first-order valence-corrected chi connectivity index (χ1v) is 5.70. The Hall–Kier alpha value is -1.02. The van der Waals surface area contributed by atoms with Crippen LogP contribution in [0.4, 0.5) is 10.1 Å². The normalized spacial score (nSPS) is 11.9. The van der Waals surface area contributed by atoms with Crippen LogP contribution >= 0.6 is 23.2 Å². The van der Waals surface area contributed by atoms with Gasteiger partial charge in [-0.1, -0.05) is 23.2 Å². The summed E-state index contributed by atoms with van der Waals surface area (Å²) in [5, 5.41) is 11.8. The molecule has 1 aromatic carbocycles. The molecule has 0 aliphatic heterocycles. The fraction of sp³-hybridized carbons (Fsp3) is 0.364. The van der Waals surface area contributed by atoms with Crippen molar-refractivity contribution < 1.29 is 9.13 Å². The Balaban J connectivity index is 2.50.